The Morgan fingerprint density at radius 3 is 2.69 bits per heavy atom. The van der Waals surface area contributed by atoms with Gasteiger partial charge in [0.05, 0.1) is 10.5 Å². The molecule has 0 unspecified atom stereocenters. The smallest absolute Gasteiger partial charge is 0.281 e. The second kappa shape index (κ2) is 3.53. The molecule has 13 heavy (non-hydrogen) atoms. The molecule has 0 atom stereocenters. The molecule has 0 aliphatic heterocycles. The van der Waals surface area contributed by atoms with Gasteiger partial charge < -0.3 is 11.1 Å². The van der Waals surface area contributed by atoms with Crippen LogP contribution in [-0.4, -0.2) is 11.1 Å². The predicted molar refractivity (Wildman–Crippen MR) is 53.1 cm³/mol. The van der Waals surface area contributed by atoms with Crippen molar-refractivity contribution < 1.29 is 4.92 Å². The summed E-state index contributed by atoms with van der Waals surface area (Å²) in [6, 6.07) is 2.84. The molecule has 1 aromatic rings. The first kappa shape index (κ1) is 9.66. The zero-order chi connectivity index (χ0) is 10.0. The van der Waals surface area contributed by atoms with E-state index >= 15 is 0 Å². The van der Waals surface area contributed by atoms with Gasteiger partial charge in [-0.25, -0.2) is 0 Å². The quantitative estimate of drug-likeness (QED) is 0.360. The van der Waals surface area contributed by atoms with Crippen LogP contribution in [0.5, 0.6) is 0 Å². The highest BCUT2D eigenvalue weighted by molar-refractivity contribution is 9.10. The van der Waals surface area contributed by atoms with Gasteiger partial charge >= 0.3 is 0 Å². The van der Waals surface area contributed by atoms with Crippen molar-refractivity contribution >= 4 is 33.5 Å². The van der Waals surface area contributed by atoms with Crippen molar-refractivity contribution in [2.24, 2.45) is 0 Å². The zero-order valence-corrected chi connectivity index (χ0v) is 8.04. The molecule has 0 radical (unpaired) electrons. The van der Waals surface area contributed by atoms with Crippen LogP contribution in [0.15, 0.2) is 16.6 Å². The van der Waals surface area contributed by atoms with E-state index in [2.05, 4.69) is 15.9 Å². The summed E-state index contributed by atoms with van der Waals surface area (Å²) in [4.78, 5) is 9.94. The van der Waals surface area contributed by atoms with E-state index in [1.54, 1.807) is 0 Å². The molecule has 0 heterocycles. The molecule has 0 saturated heterocycles. The number of hydrogen-bond donors (Lipinski definition) is 2. The molecule has 0 aromatic heterocycles. The van der Waals surface area contributed by atoms with Gasteiger partial charge in [0.2, 0.25) is 0 Å². The molecule has 0 aliphatic rings. The van der Waals surface area contributed by atoms with E-state index in [-0.39, 0.29) is 16.9 Å². The summed E-state index contributed by atoms with van der Waals surface area (Å²) in [7, 11) is 0. The van der Waals surface area contributed by atoms with E-state index in [1.807, 2.05) is 0 Å². The standard InChI is InChI=1S/C7H6BrN3O2/c8-4-1-6(10)5(3-9)7(2-4)11(12)13/h1-3,9H,10H2. The number of anilines is 1. The van der Waals surface area contributed by atoms with Crippen LogP contribution in [0.25, 0.3) is 0 Å². The number of benzene rings is 1. The molecular weight excluding hydrogens is 238 g/mol. The van der Waals surface area contributed by atoms with E-state index in [0.29, 0.717) is 4.47 Å². The van der Waals surface area contributed by atoms with Gasteiger partial charge in [0.1, 0.15) is 0 Å². The lowest BCUT2D eigenvalue weighted by atomic mass is 10.1. The Bertz CT molecular complexity index is 378. The molecule has 6 heteroatoms. The number of nitrogens with zero attached hydrogens (tertiary/aromatic N) is 1. The lowest BCUT2D eigenvalue weighted by Crippen LogP contribution is -1.99. The minimum Gasteiger partial charge on any atom is -0.398 e. The third kappa shape index (κ3) is 1.83. The number of rotatable bonds is 2. The second-order valence-electron chi connectivity index (χ2n) is 2.33. The normalized spacial score (nSPS) is 9.62. The summed E-state index contributed by atoms with van der Waals surface area (Å²) in [5.41, 5.74) is 5.67. The van der Waals surface area contributed by atoms with Crippen molar-refractivity contribution in [3.8, 4) is 0 Å². The second-order valence-corrected chi connectivity index (χ2v) is 3.24. The molecule has 5 nitrogen and oxygen atoms in total. The highest BCUT2D eigenvalue weighted by Gasteiger charge is 2.15. The number of nitrogens with two attached hydrogens (primary N) is 1. The van der Waals surface area contributed by atoms with Crippen molar-refractivity contribution in [2.75, 3.05) is 5.73 Å². The third-order valence-electron chi connectivity index (χ3n) is 1.50. The molecule has 1 rings (SSSR count). The summed E-state index contributed by atoms with van der Waals surface area (Å²) in [6.07, 6.45) is 0.875. The molecular formula is C7H6BrN3O2. The average molecular weight is 244 g/mol. The van der Waals surface area contributed by atoms with Crippen LogP contribution < -0.4 is 5.73 Å². The van der Waals surface area contributed by atoms with Crippen molar-refractivity contribution in [2.45, 2.75) is 0 Å². The van der Waals surface area contributed by atoms with E-state index in [0.717, 1.165) is 6.21 Å². The lowest BCUT2D eigenvalue weighted by molar-refractivity contribution is -0.385. The molecule has 0 amide bonds. The fraction of sp³-hybridized carbons (Fsp3) is 0. The summed E-state index contributed by atoms with van der Waals surface area (Å²) >= 11 is 3.09. The molecule has 0 bridgehead atoms. The number of hydrogen-bond acceptors (Lipinski definition) is 4. The Kier molecular flexibility index (Phi) is 2.62. The SMILES string of the molecule is N=Cc1c(N)cc(Br)cc1[N+](=O)[O-]. The van der Waals surface area contributed by atoms with Crippen LogP contribution in [0.1, 0.15) is 5.56 Å². The average Bonchev–Trinajstić information content (AvgIpc) is 2.02. The Labute approximate surface area is 82.3 Å². The molecule has 0 fully saturated rings. The van der Waals surface area contributed by atoms with E-state index < -0.39 is 4.92 Å². The minimum absolute atomic E-state index is 0.133. The van der Waals surface area contributed by atoms with Gasteiger partial charge in [-0.05, 0) is 6.07 Å². The summed E-state index contributed by atoms with van der Waals surface area (Å²) in [6.45, 7) is 0. The first-order valence-corrected chi connectivity index (χ1v) is 4.09. The molecule has 0 aliphatic carbocycles. The first-order valence-electron chi connectivity index (χ1n) is 3.30. The van der Waals surface area contributed by atoms with Crippen molar-refractivity contribution in [3.05, 3.63) is 32.3 Å². The highest BCUT2D eigenvalue weighted by Crippen LogP contribution is 2.27. The van der Waals surface area contributed by atoms with Gasteiger partial charge in [-0.15, -0.1) is 0 Å². The number of nitro benzene ring substituents is 1. The van der Waals surface area contributed by atoms with Gasteiger partial charge in [0.25, 0.3) is 5.69 Å². The summed E-state index contributed by atoms with van der Waals surface area (Å²) < 4.78 is 0.530. The third-order valence-corrected chi connectivity index (χ3v) is 1.95. The van der Waals surface area contributed by atoms with Crippen LogP contribution in [0, 0.1) is 15.5 Å². The van der Waals surface area contributed by atoms with Gasteiger partial charge in [0.15, 0.2) is 0 Å². The minimum atomic E-state index is -0.568. The fourth-order valence-corrected chi connectivity index (χ4v) is 1.40. The van der Waals surface area contributed by atoms with Gasteiger partial charge in [-0.3, -0.25) is 10.1 Å². The maximum Gasteiger partial charge on any atom is 0.281 e. The largest absolute Gasteiger partial charge is 0.398 e. The molecule has 1 aromatic carbocycles. The van der Waals surface area contributed by atoms with Crippen molar-refractivity contribution in [1.82, 2.24) is 0 Å². The Morgan fingerprint density at radius 2 is 2.23 bits per heavy atom. The predicted octanol–water partition coefficient (Wildman–Crippen LogP) is 1.94. The van der Waals surface area contributed by atoms with Crippen LogP contribution >= 0.6 is 15.9 Å². The number of halogens is 1. The monoisotopic (exact) mass is 243 g/mol. The van der Waals surface area contributed by atoms with Crippen molar-refractivity contribution in [3.63, 3.8) is 0 Å². The summed E-state index contributed by atoms with van der Waals surface area (Å²) in [5, 5.41) is 17.5. The van der Waals surface area contributed by atoms with Gasteiger partial charge in [-0.2, -0.15) is 0 Å². The number of nitro groups is 1. The van der Waals surface area contributed by atoms with Gasteiger partial charge in [-0.1, -0.05) is 15.9 Å². The van der Waals surface area contributed by atoms with Crippen LogP contribution in [0.2, 0.25) is 0 Å². The lowest BCUT2D eigenvalue weighted by Gasteiger charge is -2.01. The van der Waals surface area contributed by atoms with Crippen LogP contribution in [0.3, 0.4) is 0 Å². The maximum absolute atomic E-state index is 10.5. The maximum atomic E-state index is 10.5. The van der Waals surface area contributed by atoms with Gasteiger partial charge in [0, 0.05) is 22.4 Å². The first-order chi connectivity index (χ1) is 6.06. The van der Waals surface area contributed by atoms with E-state index in [1.165, 1.54) is 12.1 Å². The molecule has 0 saturated carbocycles. The van der Waals surface area contributed by atoms with Crippen LogP contribution in [0.4, 0.5) is 11.4 Å². The molecule has 3 N–H and O–H groups in total. The Hall–Kier alpha value is -1.43. The zero-order valence-electron chi connectivity index (χ0n) is 6.45. The topological polar surface area (TPSA) is 93.0 Å². The molecule has 68 valence electrons. The Balaban J connectivity index is 3.46. The molecule has 0 spiro atoms. The van der Waals surface area contributed by atoms with E-state index in [4.69, 9.17) is 11.1 Å². The summed E-state index contributed by atoms with van der Waals surface area (Å²) in [5.74, 6) is 0. The van der Waals surface area contributed by atoms with E-state index in [9.17, 15) is 10.1 Å². The number of nitrogens with one attached hydrogen (secondary N) is 1. The number of nitrogen functional groups attached to an aromatic ring is 1. The van der Waals surface area contributed by atoms with Crippen molar-refractivity contribution in [1.29, 1.82) is 5.41 Å². The fourth-order valence-electron chi connectivity index (χ4n) is 0.933. The highest BCUT2D eigenvalue weighted by atomic mass is 79.9. The Morgan fingerprint density at radius 1 is 1.62 bits per heavy atom. The van der Waals surface area contributed by atoms with Crippen LogP contribution in [-0.2, 0) is 0 Å².